The van der Waals surface area contributed by atoms with Crippen LogP contribution in [0.2, 0.25) is 0 Å². The summed E-state index contributed by atoms with van der Waals surface area (Å²) < 4.78 is 9.94. The number of methoxy groups -OCH3 is 1. The number of nitrogens with zero attached hydrogens (tertiary/aromatic N) is 1. The van der Waals surface area contributed by atoms with E-state index in [0.29, 0.717) is 31.0 Å². The van der Waals surface area contributed by atoms with E-state index in [-0.39, 0.29) is 18.2 Å². The van der Waals surface area contributed by atoms with Crippen LogP contribution in [-0.2, 0) is 16.1 Å². The van der Waals surface area contributed by atoms with E-state index in [1.54, 1.807) is 20.1 Å². The van der Waals surface area contributed by atoms with Gasteiger partial charge in [0.05, 0.1) is 7.11 Å². The molecule has 24 heavy (non-hydrogen) atoms. The minimum atomic E-state index is -0.189. The van der Waals surface area contributed by atoms with Crippen molar-refractivity contribution in [2.75, 3.05) is 12.4 Å². The Morgan fingerprint density at radius 3 is 2.50 bits per heavy atom. The van der Waals surface area contributed by atoms with Crippen LogP contribution < -0.4 is 15.4 Å². The zero-order chi connectivity index (χ0) is 17.4. The third-order valence-electron chi connectivity index (χ3n) is 3.35. The van der Waals surface area contributed by atoms with Gasteiger partial charge in [-0.15, -0.1) is 0 Å². The van der Waals surface area contributed by atoms with Gasteiger partial charge in [0.25, 0.3) is 0 Å². The summed E-state index contributed by atoms with van der Waals surface area (Å²) in [5.41, 5.74) is 0.989. The third-order valence-corrected chi connectivity index (χ3v) is 3.35. The van der Waals surface area contributed by atoms with Gasteiger partial charge in [0, 0.05) is 25.5 Å². The lowest BCUT2D eigenvalue weighted by Crippen LogP contribution is -2.23. The minimum absolute atomic E-state index is 0.0871. The molecule has 1 aromatic heterocycles. The number of rotatable bonds is 8. The Morgan fingerprint density at radius 2 is 1.88 bits per heavy atom. The smallest absolute Gasteiger partial charge is 0.225 e. The number of carbonyl (C=O) groups excluding carboxylic acids is 2. The quantitative estimate of drug-likeness (QED) is 0.775. The van der Waals surface area contributed by atoms with E-state index in [0.717, 1.165) is 11.3 Å². The molecule has 0 aliphatic rings. The highest BCUT2D eigenvalue weighted by Gasteiger charge is 2.08. The average Bonchev–Trinajstić information content (AvgIpc) is 2.98. The fraction of sp³-hybridized carbons (Fsp3) is 0.353. The standard InChI is InChI=1S/C17H21N3O4/c1-12-10-15(20-24-12)19-17(22)5-3-4-16(21)18-11-13-6-8-14(23-2)9-7-13/h6-10H,3-5,11H2,1-2H3,(H,18,21)(H,19,20,22). The monoisotopic (exact) mass is 331 g/mol. The van der Waals surface area contributed by atoms with Crippen molar-refractivity contribution in [3.8, 4) is 5.75 Å². The summed E-state index contributed by atoms with van der Waals surface area (Å²) in [4.78, 5) is 23.5. The highest BCUT2D eigenvalue weighted by molar-refractivity contribution is 5.90. The Balaban J connectivity index is 1.62. The van der Waals surface area contributed by atoms with Crippen molar-refractivity contribution in [1.29, 1.82) is 0 Å². The van der Waals surface area contributed by atoms with Crippen LogP contribution >= 0.6 is 0 Å². The first-order valence-corrected chi connectivity index (χ1v) is 7.69. The Bertz CT molecular complexity index is 679. The van der Waals surface area contributed by atoms with E-state index in [1.165, 1.54) is 0 Å². The molecule has 1 aromatic carbocycles. The Labute approximate surface area is 140 Å². The van der Waals surface area contributed by atoms with Crippen molar-refractivity contribution in [3.05, 3.63) is 41.7 Å². The maximum absolute atomic E-state index is 11.8. The van der Waals surface area contributed by atoms with E-state index in [1.807, 2.05) is 24.3 Å². The molecule has 2 amide bonds. The summed E-state index contributed by atoms with van der Waals surface area (Å²) in [6.45, 7) is 2.20. The van der Waals surface area contributed by atoms with Crippen molar-refractivity contribution in [3.63, 3.8) is 0 Å². The Hall–Kier alpha value is -2.83. The lowest BCUT2D eigenvalue weighted by atomic mass is 10.2. The predicted molar refractivity (Wildman–Crippen MR) is 88.6 cm³/mol. The van der Waals surface area contributed by atoms with E-state index in [4.69, 9.17) is 9.26 Å². The topological polar surface area (TPSA) is 93.5 Å². The average molecular weight is 331 g/mol. The number of aromatic nitrogens is 1. The molecule has 7 heteroatoms. The molecular formula is C17H21N3O4. The highest BCUT2D eigenvalue weighted by atomic mass is 16.5. The van der Waals surface area contributed by atoms with E-state index >= 15 is 0 Å². The lowest BCUT2D eigenvalue weighted by Gasteiger charge is -2.06. The second kappa shape index (κ2) is 8.71. The highest BCUT2D eigenvalue weighted by Crippen LogP contribution is 2.11. The van der Waals surface area contributed by atoms with Crippen molar-refractivity contribution in [1.82, 2.24) is 10.5 Å². The minimum Gasteiger partial charge on any atom is -0.497 e. The number of benzene rings is 1. The van der Waals surface area contributed by atoms with Crippen LogP contribution in [0.15, 0.2) is 34.9 Å². The first-order chi connectivity index (χ1) is 11.6. The fourth-order valence-electron chi connectivity index (χ4n) is 2.07. The van der Waals surface area contributed by atoms with Crippen LogP contribution in [0.3, 0.4) is 0 Å². The SMILES string of the molecule is COc1ccc(CNC(=O)CCCC(=O)Nc2cc(C)on2)cc1. The normalized spacial score (nSPS) is 10.2. The molecule has 0 fully saturated rings. The van der Waals surface area contributed by atoms with Crippen molar-refractivity contribution in [2.24, 2.45) is 0 Å². The van der Waals surface area contributed by atoms with Gasteiger partial charge < -0.3 is 19.9 Å². The predicted octanol–water partition coefficient (Wildman–Crippen LogP) is 2.42. The third kappa shape index (κ3) is 5.75. The molecule has 0 aliphatic heterocycles. The van der Waals surface area contributed by atoms with Gasteiger partial charge in [-0.3, -0.25) is 9.59 Å². The van der Waals surface area contributed by atoms with Crippen LogP contribution in [0.1, 0.15) is 30.6 Å². The lowest BCUT2D eigenvalue weighted by molar-refractivity contribution is -0.121. The molecule has 0 spiro atoms. The molecule has 0 unspecified atom stereocenters. The summed E-state index contributed by atoms with van der Waals surface area (Å²) in [7, 11) is 1.61. The van der Waals surface area contributed by atoms with Crippen molar-refractivity contribution in [2.45, 2.75) is 32.7 Å². The molecular weight excluding hydrogens is 310 g/mol. The number of anilines is 1. The van der Waals surface area contributed by atoms with Crippen LogP contribution in [0, 0.1) is 6.92 Å². The van der Waals surface area contributed by atoms with E-state index in [2.05, 4.69) is 15.8 Å². The molecule has 1 heterocycles. The van der Waals surface area contributed by atoms with E-state index < -0.39 is 0 Å². The largest absolute Gasteiger partial charge is 0.497 e. The molecule has 7 nitrogen and oxygen atoms in total. The molecule has 2 aromatic rings. The van der Waals surface area contributed by atoms with Gasteiger partial charge in [-0.1, -0.05) is 17.3 Å². The number of ether oxygens (including phenoxy) is 1. The van der Waals surface area contributed by atoms with Gasteiger partial charge in [-0.05, 0) is 31.0 Å². The number of hydrogen-bond acceptors (Lipinski definition) is 5. The second-order valence-corrected chi connectivity index (χ2v) is 5.35. The number of nitrogens with one attached hydrogen (secondary N) is 2. The van der Waals surface area contributed by atoms with Crippen molar-refractivity contribution < 1.29 is 18.8 Å². The first-order valence-electron chi connectivity index (χ1n) is 7.69. The van der Waals surface area contributed by atoms with Gasteiger partial charge in [-0.2, -0.15) is 0 Å². The molecule has 0 radical (unpaired) electrons. The van der Waals surface area contributed by atoms with Gasteiger partial charge in [-0.25, -0.2) is 0 Å². The number of carbonyl (C=O) groups is 2. The van der Waals surface area contributed by atoms with Gasteiger partial charge >= 0.3 is 0 Å². The zero-order valence-electron chi connectivity index (χ0n) is 13.8. The summed E-state index contributed by atoms with van der Waals surface area (Å²) in [5.74, 6) is 1.52. The number of aryl methyl sites for hydroxylation is 1. The molecule has 0 bridgehead atoms. The van der Waals surface area contributed by atoms with Gasteiger partial charge in [0.15, 0.2) is 5.82 Å². The first kappa shape index (κ1) is 17.5. The molecule has 128 valence electrons. The number of amides is 2. The Morgan fingerprint density at radius 1 is 1.17 bits per heavy atom. The fourth-order valence-corrected chi connectivity index (χ4v) is 2.07. The molecule has 0 saturated carbocycles. The molecule has 0 aliphatic carbocycles. The summed E-state index contributed by atoms with van der Waals surface area (Å²) in [6, 6.07) is 9.12. The summed E-state index contributed by atoms with van der Waals surface area (Å²) in [6.07, 6.45) is 1.01. The van der Waals surface area contributed by atoms with Gasteiger partial charge in [0.2, 0.25) is 11.8 Å². The zero-order valence-corrected chi connectivity index (χ0v) is 13.8. The molecule has 2 rings (SSSR count). The Kier molecular flexibility index (Phi) is 6.36. The summed E-state index contributed by atoms with van der Waals surface area (Å²) >= 11 is 0. The van der Waals surface area contributed by atoms with E-state index in [9.17, 15) is 9.59 Å². The maximum atomic E-state index is 11.8. The second-order valence-electron chi connectivity index (χ2n) is 5.35. The molecule has 2 N–H and O–H groups in total. The molecule has 0 saturated heterocycles. The summed E-state index contributed by atoms with van der Waals surface area (Å²) in [5, 5.41) is 9.12. The van der Waals surface area contributed by atoms with Crippen LogP contribution in [0.5, 0.6) is 5.75 Å². The van der Waals surface area contributed by atoms with Crippen LogP contribution in [-0.4, -0.2) is 24.1 Å². The van der Waals surface area contributed by atoms with Crippen LogP contribution in [0.4, 0.5) is 5.82 Å². The molecule has 0 atom stereocenters. The van der Waals surface area contributed by atoms with Crippen molar-refractivity contribution >= 4 is 17.6 Å². The van der Waals surface area contributed by atoms with Gasteiger partial charge in [0.1, 0.15) is 11.5 Å². The van der Waals surface area contributed by atoms with Crippen LogP contribution in [0.25, 0.3) is 0 Å². The maximum Gasteiger partial charge on any atom is 0.225 e. The number of hydrogen-bond donors (Lipinski definition) is 2.